The summed E-state index contributed by atoms with van der Waals surface area (Å²) in [5.41, 5.74) is 0. The van der Waals surface area contributed by atoms with E-state index in [1.54, 1.807) is 6.92 Å². The normalized spacial score (nSPS) is 27.8. The highest BCUT2D eigenvalue weighted by molar-refractivity contribution is 6.29. The van der Waals surface area contributed by atoms with E-state index in [0.717, 1.165) is 24.7 Å². The largest absolute Gasteiger partial charge is 0.461 e. The molecule has 94 valence electrons. The van der Waals surface area contributed by atoms with E-state index in [9.17, 15) is 4.79 Å². The number of carbonyl (C=O) groups excluding carboxylic acids is 1. The van der Waals surface area contributed by atoms with Crippen LogP contribution in [0.3, 0.4) is 0 Å². The van der Waals surface area contributed by atoms with Crippen LogP contribution in [0.4, 0.5) is 0 Å². The first-order valence-corrected chi connectivity index (χ1v) is 6.77. The summed E-state index contributed by atoms with van der Waals surface area (Å²) < 4.78 is 5.34. The molecule has 3 heteroatoms. The van der Waals surface area contributed by atoms with Crippen LogP contribution < -0.4 is 0 Å². The summed E-state index contributed by atoms with van der Waals surface area (Å²) in [6.45, 7) is 6.19. The number of esters is 1. The van der Waals surface area contributed by atoms with Crippen LogP contribution in [0.1, 0.15) is 52.9 Å². The van der Waals surface area contributed by atoms with Gasteiger partial charge in [-0.3, -0.25) is 4.79 Å². The lowest BCUT2D eigenvalue weighted by molar-refractivity contribution is -0.150. The van der Waals surface area contributed by atoms with E-state index in [0.29, 0.717) is 0 Å². The monoisotopic (exact) mass is 246 g/mol. The van der Waals surface area contributed by atoms with Gasteiger partial charge >= 0.3 is 5.97 Å². The van der Waals surface area contributed by atoms with Crippen LogP contribution in [0.5, 0.6) is 0 Å². The van der Waals surface area contributed by atoms with E-state index in [-0.39, 0.29) is 12.1 Å². The lowest BCUT2D eigenvalue weighted by Gasteiger charge is -2.29. The van der Waals surface area contributed by atoms with E-state index < -0.39 is 5.38 Å². The van der Waals surface area contributed by atoms with E-state index in [4.69, 9.17) is 16.3 Å². The van der Waals surface area contributed by atoms with Crippen molar-refractivity contribution in [2.75, 3.05) is 0 Å². The molecule has 1 aliphatic carbocycles. The fraction of sp³-hybridized carbons (Fsp3) is 0.923. The molecule has 0 heterocycles. The second-order valence-electron chi connectivity index (χ2n) is 5.33. The molecule has 1 saturated carbocycles. The van der Waals surface area contributed by atoms with Crippen LogP contribution in [-0.4, -0.2) is 17.5 Å². The molecule has 0 amide bonds. The van der Waals surface area contributed by atoms with E-state index in [1.807, 2.05) is 0 Å². The molecule has 0 aromatic carbocycles. The zero-order valence-corrected chi connectivity index (χ0v) is 11.3. The summed E-state index contributed by atoms with van der Waals surface area (Å²) in [6.07, 6.45) is 5.79. The molecule has 1 aliphatic rings. The molecule has 0 radical (unpaired) electrons. The second kappa shape index (κ2) is 6.48. The second-order valence-corrected chi connectivity index (χ2v) is 5.98. The molecule has 1 unspecified atom stereocenters. The van der Waals surface area contributed by atoms with Gasteiger partial charge < -0.3 is 4.74 Å². The van der Waals surface area contributed by atoms with Crippen molar-refractivity contribution in [3.05, 3.63) is 0 Å². The maximum atomic E-state index is 11.3. The number of alkyl halides is 1. The van der Waals surface area contributed by atoms with Gasteiger partial charge in [0.2, 0.25) is 0 Å². The van der Waals surface area contributed by atoms with Crippen LogP contribution in [0, 0.1) is 11.8 Å². The molecule has 16 heavy (non-hydrogen) atoms. The Morgan fingerprint density at radius 1 is 1.25 bits per heavy atom. The maximum Gasteiger partial charge on any atom is 0.324 e. The molecule has 0 N–H and O–H groups in total. The number of halogens is 1. The minimum absolute atomic E-state index is 0.108. The molecule has 0 bridgehead atoms. The Morgan fingerprint density at radius 2 is 1.81 bits per heavy atom. The van der Waals surface area contributed by atoms with Gasteiger partial charge in [0.1, 0.15) is 11.5 Å². The lowest BCUT2D eigenvalue weighted by Crippen LogP contribution is -2.27. The van der Waals surface area contributed by atoms with Crippen molar-refractivity contribution in [1.29, 1.82) is 0 Å². The molecular weight excluding hydrogens is 224 g/mol. The Hall–Kier alpha value is -0.240. The summed E-state index contributed by atoms with van der Waals surface area (Å²) in [7, 11) is 0. The molecule has 2 nitrogen and oxygen atoms in total. The fourth-order valence-corrected chi connectivity index (χ4v) is 2.46. The van der Waals surface area contributed by atoms with Gasteiger partial charge in [0.05, 0.1) is 0 Å². The van der Waals surface area contributed by atoms with Crippen molar-refractivity contribution in [2.45, 2.75) is 64.4 Å². The third-order valence-corrected chi connectivity index (χ3v) is 3.38. The van der Waals surface area contributed by atoms with Crippen molar-refractivity contribution in [3.63, 3.8) is 0 Å². The predicted molar refractivity (Wildman–Crippen MR) is 66.6 cm³/mol. The van der Waals surface area contributed by atoms with E-state index in [2.05, 4.69) is 13.8 Å². The van der Waals surface area contributed by atoms with Gasteiger partial charge in [-0.1, -0.05) is 13.8 Å². The minimum Gasteiger partial charge on any atom is -0.461 e. The average Bonchev–Trinajstić information content (AvgIpc) is 2.20. The summed E-state index contributed by atoms with van der Waals surface area (Å²) in [5, 5.41) is -0.520. The molecule has 1 rings (SSSR count). The number of hydrogen-bond acceptors (Lipinski definition) is 2. The quantitative estimate of drug-likeness (QED) is 0.558. The third-order valence-electron chi connectivity index (χ3n) is 3.21. The van der Waals surface area contributed by atoms with E-state index >= 15 is 0 Å². The maximum absolute atomic E-state index is 11.3. The summed E-state index contributed by atoms with van der Waals surface area (Å²) in [4.78, 5) is 11.3. The molecule has 0 saturated heterocycles. The average molecular weight is 247 g/mol. The number of rotatable bonds is 4. The van der Waals surface area contributed by atoms with Crippen molar-refractivity contribution < 1.29 is 9.53 Å². The minimum atomic E-state index is -0.520. The fourth-order valence-electron chi connectivity index (χ4n) is 2.41. The summed E-state index contributed by atoms with van der Waals surface area (Å²) in [5.74, 6) is 1.32. The highest BCUT2D eigenvalue weighted by atomic mass is 35.5. The summed E-state index contributed by atoms with van der Waals surface area (Å²) in [6, 6.07) is 0. The molecule has 1 fully saturated rings. The molecule has 0 aromatic heterocycles. The van der Waals surface area contributed by atoms with Crippen LogP contribution in [0.2, 0.25) is 0 Å². The Balaban J connectivity index is 2.24. The van der Waals surface area contributed by atoms with Crippen LogP contribution in [-0.2, 0) is 9.53 Å². The Kier molecular flexibility index (Phi) is 5.60. The number of hydrogen-bond donors (Lipinski definition) is 0. The first-order valence-electron chi connectivity index (χ1n) is 6.33. The molecule has 0 spiro atoms. The van der Waals surface area contributed by atoms with Gasteiger partial charge in [0.25, 0.3) is 0 Å². The zero-order chi connectivity index (χ0) is 12.1. The van der Waals surface area contributed by atoms with Gasteiger partial charge in [0.15, 0.2) is 0 Å². The van der Waals surface area contributed by atoms with Crippen molar-refractivity contribution >= 4 is 17.6 Å². The lowest BCUT2D eigenvalue weighted by atomic mass is 9.82. The Labute approximate surface area is 104 Å². The highest BCUT2D eigenvalue weighted by Crippen LogP contribution is 2.30. The van der Waals surface area contributed by atoms with Gasteiger partial charge in [-0.05, 0) is 50.9 Å². The highest BCUT2D eigenvalue weighted by Gasteiger charge is 2.25. The topological polar surface area (TPSA) is 26.3 Å². The van der Waals surface area contributed by atoms with Gasteiger partial charge in [-0.15, -0.1) is 11.6 Å². The molecule has 0 aliphatic heterocycles. The standard InChI is InChI=1S/C13H23ClO2/c1-9(2)8-11-4-6-12(7-5-11)16-13(15)10(3)14/h9-12H,4-8H2,1-3H3. The summed E-state index contributed by atoms with van der Waals surface area (Å²) >= 11 is 5.67. The molecular formula is C13H23ClO2. The first-order chi connectivity index (χ1) is 7.49. The van der Waals surface area contributed by atoms with Crippen molar-refractivity contribution in [2.24, 2.45) is 11.8 Å². The van der Waals surface area contributed by atoms with Gasteiger partial charge in [0, 0.05) is 0 Å². The van der Waals surface area contributed by atoms with Crippen molar-refractivity contribution in [3.8, 4) is 0 Å². The first kappa shape index (κ1) is 13.8. The van der Waals surface area contributed by atoms with Crippen molar-refractivity contribution in [1.82, 2.24) is 0 Å². The Bertz CT molecular complexity index is 218. The van der Waals surface area contributed by atoms with Crippen LogP contribution >= 0.6 is 11.6 Å². The predicted octanol–water partition coefficient (Wildman–Crippen LogP) is 3.76. The van der Waals surface area contributed by atoms with Gasteiger partial charge in [-0.25, -0.2) is 0 Å². The third kappa shape index (κ3) is 4.73. The Morgan fingerprint density at radius 3 is 2.25 bits per heavy atom. The smallest absolute Gasteiger partial charge is 0.324 e. The SMILES string of the molecule is CC(C)CC1CCC(OC(=O)C(C)Cl)CC1. The van der Waals surface area contributed by atoms with Gasteiger partial charge in [-0.2, -0.15) is 0 Å². The number of carbonyl (C=O) groups is 1. The molecule has 0 aromatic rings. The van der Waals surface area contributed by atoms with Crippen LogP contribution in [0.15, 0.2) is 0 Å². The van der Waals surface area contributed by atoms with E-state index in [1.165, 1.54) is 19.3 Å². The number of ether oxygens (including phenoxy) is 1. The zero-order valence-electron chi connectivity index (χ0n) is 10.5. The molecule has 1 atom stereocenters. The van der Waals surface area contributed by atoms with Crippen LogP contribution in [0.25, 0.3) is 0 Å².